The summed E-state index contributed by atoms with van der Waals surface area (Å²) in [5, 5.41) is 3.13. The van der Waals surface area contributed by atoms with Crippen LogP contribution in [0.5, 0.6) is 0 Å². The summed E-state index contributed by atoms with van der Waals surface area (Å²) in [7, 11) is 0. The van der Waals surface area contributed by atoms with E-state index in [0.717, 1.165) is 5.56 Å². The first-order valence-electron chi connectivity index (χ1n) is 5.94. The monoisotopic (exact) mass is 291 g/mol. The molecule has 0 bridgehead atoms. The average molecular weight is 292 g/mol. The normalized spacial score (nSPS) is 11.8. The molecular formula is C13H14ClN5O. The molecule has 1 atom stereocenters. The lowest BCUT2D eigenvalue weighted by molar-refractivity contribution is 0.0939. The van der Waals surface area contributed by atoms with E-state index in [4.69, 9.17) is 17.4 Å². The van der Waals surface area contributed by atoms with Crippen LogP contribution in [0.15, 0.2) is 36.8 Å². The summed E-state index contributed by atoms with van der Waals surface area (Å²) in [5.41, 5.74) is 3.63. The Hall–Kier alpha value is -2.18. The third-order valence-electron chi connectivity index (χ3n) is 2.77. The van der Waals surface area contributed by atoms with Crippen LogP contribution in [0.2, 0.25) is 5.02 Å². The number of amides is 1. The second-order valence-electron chi connectivity index (χ2n) is 4.18. The quantitative estimate of drug-likeness (QED) is 0.591. The van der Waals surface area contributed by atoms with Gasteiger partial charge in [0.1, 0.15) is 0 Å². The summed E-state index contributed by atoms with van der Waals surface area (Å²) >= 11 is 5.93. The molecule has 0 saturated heterocycles. The van der Waals surface area contributed by atoms with Crippen LogP contribution in [0, 0.1) is 0 Å². The third-order valence-corrected chi connectivity index (χ3v) is 3.06. The molecule has 0 radical (unpaired) electrons. The molecule has 2 rings (SSSR count). The van der Waals surface area contributed by atoms with Crippen LogP contribution in [0.3, 0.4) is 0 Å². The lowest BCUT2D eigenvalue weighted by Gasteiger charge is -2.14. The van der Waals surface area contributed by atoms with E-state index in [0.29, 0.717) is 11.4 Å². The Bertz CT molecular complexity index is 605. The van der Waals surface area contributed by atoms with Crippen LogP contribution in [0.1, 0.15) is 28.9 Å². The molecule has 0 spiro atoms. The maximum atomic E-state index is 12.1. The Morgan fingerprint density at radius 1 is 1.45 bits per heavy atom. The second-order valence-corrected chi connectivity index (χ2v) is 4.59. The molecule has 4 N–H and O–H groups in total. The maximum absolute atomic E-state index is 12.1. The van der Waals surface area contributed by atoms with E-state index in [1.807, 2.05) is 19.1 Å². The zero-order valence-corrected chi connectivity index (χ0v) is 11.6. The van der Waals surface area contributed by atoms with Crippen LogP contribution >= 0.6 is 11.6 Å². The molecule has 2 aromatic rings. The molecule has 0 aliphatic carbocycles. The molecule has 104 valence electrons. The number of rotatable bonds is 4. The molecule has 0 aliphatic rings. The van der Waals surface area contributed by atoms with Crippen molar-refractivity contribution in [1.29, 1.82) is 0 Å². The Labute approximate surface area is 121 Å². The van der Waals surface area contributed by atoms with Crippen LogP contribution in [-0.4, -0.2) is 15.9 Å². The molecule has 1 amide bonds. The second kappa shape index (κ2) is 6.31. The fourth-order valence-electron chi connectivity index (χ4n) is 1.66. The number of nitrogen functional groups attached to an aromatic ring is 1. The summed E-state index contributed by atoms with van der Waals surface area (Å²) < 4.78 is 0. The minimum atomic E-state index is -0.265. The van der Waals surface area contributed by atoms with Gasteiger partial charge >= 0.3 is 0 Å². The summed E-state index contributed by atoms with van der Waals surface area (Å²) in [6, 6.07) is 5.06. The number of aromatic nitrogens is 2. The number of carbonyl (C=O) groups excluding carboxylic acids is 1. The highest BCUT2D eigenvalue weighted by Gasteiger charge is 2.13. The number of halogens is 1. The number of nitrogens with zero attached hydrogens (tertiary/aromatic N) is 2. The minimum absolute atomic E-state index is 0.165. The van der Waals surface area contributed by atoms with E-state index in [1.54, 1.807) is 12.4 Å². The number of nitrogens with one attached hydrogen (secondary N) is 2. The fraction of sp³-hybridized carbons (Fsp3) is 0.154. The molecule has 7 heteroatoms. The van der Waals surface area contributed by atoms with Gasteiger partial charge in [0.15, 0.2) is 5.82 Å². The highest BCUT2D eigenvalue weighted by molar-refractivity contribution is 6.33. The summed E-state index contributed by atoms with van der Waals surface area (Å²) in [6.07, 6.45) is 4.80. The predicted molar refractivity (Wildman–Crippen MR) is 77.2 cm³/mol. The van der Waals surface area contributed by atoms with E-state index in [-0.39, 0.29) is 17.0 Å². The Balaban J connectivity index is 2.10. The summed E-state index contributed by atoms with van der Waals surface area (Å²) in [5.74, 6) is 5.29. The predicted octanol–water partition coefficient (Wildman–Crippen LogP) is 1.91. The Morgan fingerprint density at radius 3 is 2.85 bits per heavy atom. The lowest BCUT2D eigenvalue weighted by atomic mass is 10.1. The van der Waals surface area contributed by atoms with Crippen molar-refractivity contribution in [2.24, 2.45) is 5.84 Å². The molecule has 0 aromatic carbocycles. The highest BCUT2D eigenvalue weighted by Crippen LogP contribution is 2.19. The molecule has 20 heavy (non-hydrogen) atoms. The number of hydrogen-bond acceptors (Lipinski definition) is 5. The SMILES string of the molecule is CC(NC(=O)c1cnc(NN)c(Cl)c1)c1cccnc1. The molecule has 0 saturated carbocycles. The van der Waals surface area contributed by atoms with Crippen molar-refractivity contribution in [2.45, 2.75) is 13.0 Å². The number of hydrazine groups is 1. The van der Waals surface area contributed by atoms with Crippen LogP contribution in [0.25, 0.3) is 0 Å². The van der Waals surface area contributed by atoms with E-state index in [9.17, 15) is 4.79 Å². The van der Waals surface area contributed by atoms with Crippen molar-refractivity contribution >= 4 is 23.3 Å². The van der Waals surface area contributed by atoms with E-state index in [2.05, 4.69) is 20.7 Å². The van der Waals surface area contributed by atoms with Crippen molar-refractivity contribution in [2.75, 3.05) is 5.43 Å². The molecule has 6 nitrogen and oxygen atoms in total. The van der Waals surface area contributed by atoms with Gasteiger partial charge in [-0.2, -0.15) is 0 Å². The molecule has 2 aromatic heterocycles. The fourth-order valence-corrected chi connectivity index (χ4v) is 1.88. The van der Waals surface area contributed by atoms with E-state index in [1.165, 1.54) is 12.3 Å². The molecule has 0 fully saturated rings. The van der Waals surface area contributed by atoms with E-state index >= 15 is 0 Å². The zero-order valence-electron chi connectivity index (χ0n) is 10.8. The molecular weight excluding hydrogens is 278 g/mol. The van der Waals surface area contributed by atoms with Gasteiger partial charge in [0, 0.05) is 18.6 Å². The number of nitrogens with two attached hydrogens (primary N) is 1. The Kier molecular flexibility index (Phi) is 4.49. The number of anilines is 1. The number of pyridine rings is 2. The van der Waals surface area contributed by atoms with Crippen LogP contribution in [0.4, 0.5) is 5.82 Å². The third kappa shape index (κ3) is 3.23. The lowest BCUT2D eigenvalue weighted by Crippen LogP contribution is -2.27. The highest BCUT2D eigenvalue weighted by atomic mass is 35.5. The van der Waals surface area contributed by atoms with Gasteiger partial charge in [0.05, 0.1) is 16.6 Å². The standard InChI is InChI=1S/C13H14ClN5O/c1-8(9-3-2-4-16-6-9)18-13(20)10-5-11(14)12(19-15)17-7-10/h2-8H,15H2,1H3,(H,17,19)(H,18,20). The molecule has 0 aliphatic heterocycles. The van der Waals surface area contributed by atoms with Crippen molar-refractivity contribution < 1.29 is 4.79 Å². The topological polar surface area (TPSA) is 92.9 Å². The molecule has 2 heterocycles. The van der Waals surface area contributed by atoms with Crippen molar-refractivity contribution in [3.63, 3.8) is 0 Å². The largest absolute Gasteiger partial charge is 0.345 e. The van der Waals surface area contributed by atoms with Gasteiger partial charge in [-0.15, -0.1) is 0 Å². The maximum Gasteiger partial charge on any atom is 0.253 e. The first kappa shape index (κ1) is 14.2. The average Bonchev–Trinajstić information content (AvgIpc) is 2.48. The van der Waals surface area contributed by atoms with Crippen molar-refractivity contribution in [1.82, 2.24) is 15.3 Å². The molecule has 1 unspecified atom stereocenters. The van der Waals surface area contributed by atoms with Gasteiger partial charge in [-0.05, 0) is 24.6 Å². The summed E-state index contributed by atoms with van der Waals surface area (Å²) in [6.45, 7) is 1.87. The van der Waals surface area contributed by atoms with Crippen LogP contribution in [-0.2, 0) is 0 Å². The first-order chi connectivity index (χ1) is 9.61. The van der Waals surface area contributed by atoms with Crippen molar-refractivity contribution in [3.05, 3.63) is 52.9 Å². The smallest absolute Gasteiger partial charge is 0.253 e. The Morgan fingerprint density at radius 2 is 2.25 bits per heavy atom. The number of carbonyl (C=O) groups is 1. The first-order valence-corrected chi connectivity index (χ1v) is 6.32. The van der Waals surface area contributed by atoms with Gasteiger partial charge in [-0.3, -0.25) is 9.78 Å². The van der Waals surface area contributed by atoms with Gasteiger partial charge in [0.25, 0.3) is 5.91 Å². The minimum Gasteiger partial charge on any atom is -0.345 e. The van der Waals surface area contributed by atoms with Gasteiger partial charge in [0.2, 0.25) is 0 Å². The zero-order chi connectivity index (χ0) is 14.5. The van der Waals surface area contributed by atoms with Gasteiger partial charge in [-0.25, -0.2) is 10.8 Å². The van der Waals surface area contributed by atoms with Gasteiger partial charge < -0.3 is 10.7 Å². The van der Waals surface area contributed by atoms with Crippen molar-refractivity contribution in [3.8, 4) is 0 Å². The summed E-state index contributed by atoms with van der Waals surface area (Å²) in [4.78, 5) is 20.1. The van der Waals surface area contributed by atoms with E-state index < -0.39 is 0 Å². The van der Waals surface area contributed by atoms with Gasteiger partial charge in [-0.1, -0.05) is 17.7 Å². The van der Waals surface area contributed by atoms with Crippen LogP contribution < -0.4 is 16.6 Å². The number of hydrogen-bond donors (Lipinski definition) is 3.